The van der Waals surface area contributed by atoms with E-state index in [4.69, 9.17) is 4.42 Å². The Morgan fingerprint density at radius 1 is 1.17 bits per heavy atom. The highest BCUT2D eigenvalue weighted by atomic mass is 16.4. The highest BCUT2D eigenvalue weighted by Gasteiger charge is 2.39. The van der Waals surface area contributed by atoms with Crippen molar-refractivity contribution >= 4 is 5.91 Å². The molecule has 1 amide bonds. The van der Waals surface area contributed by atoms with Crippen LogP contribution in [0.1, 0.15) is 71.6 Å². The summed E-state index contributed by atoms with van der Waals surface area (Å²) >= 11 is 0. The molecule has 0 bridgehead atoms. The van der Waals surface area contributed by atoms with Gasteiger partial charge in [0.25, 0.3) is 0 Å². The standard InChI is InChI=1S/C18H30N4O2/c1-5-16(23)22-11-7-9-14(22)13-8-6-10-21(13)12-15-19-20-17(24-15)18(2,3)4/h13-14H,5-12H2,1-4H3/t13-,14-/m0/s1. The minimum Gasteiger partial charge on any atom is -0.423 e. The third-order valence-electron chi connectivity index (χ3n) is 5.23. The van der Waals surface area contributed by atoms with Gasteiger partial charge < -0.3 is 9.32 Å². The SMILES string of the molecule is CCC(=O)N1CCC[C@H]1[C@@H]1CCCN1Cc1nnc(C(C)(C)C)o1. The molecule has 134 valence electrons. The second-order valence-electron chi connectivity index (χ2n) is 8.08. The number of rotatable bonds is 4. The van der Waals surface area contributed by atoms with Gasteiger partial charge in [-0.2, -0.15) is 0 Å². The summed E-state index contributed by atoms with van der Waals surface area (Å²) in [4.78, 5) is 16.8. The zero-order valence-corrected chi connectivity index (χ0v) is 15.4. The molecule has 3 heterocycles. The fraction of sp³-hybridized carbons (Fsp3) is 0.833. The van der Waals surface area contributed by atoms with Crippen LogP contribution in [0, 0.1) is 0 Å². The molecule has 0 N–H and O–H groups in total. The Morgan fingerprint density at radius 3 is 2.54 bits per heavy atom. The van der Waals surface area contributed by atoms with Crippen LogP contribution in [-0.4, -0.2) is 51.1 Å². The average molecular weight is 334 g/mol. The van der Waals surface area contributed by atoms with Crippen molar-refractivity contribution in [2.24, 2.45) is 0 Å². The normalized spacial score (nSPS) is 25.6. The van der Waals surface area contributed by atoms with Crippen molar-refractivity contribution in [3.05, 3.63) is 11.8 Å². The zero-order valence-electron chi connectivity index (χ0n) is 15.4. The Balaban J connectivity index is 1.69. The van der Waals surface area contributed by atoms with Crippen LogP contribution in [0.5, 0.6) is 0 Å². The van der Waals surface area contributed by atoms with Crippen LogP contribution < -0.4 is 0 Å². The van der Waals surface area contributed by atoms with Crippen LogP contribution in [0.2, 0.25) is 0 Å². The number of carbonyl (C=O) groups excluding carboxylic acids is 1. The monoisotopic (exact) mass is 334 g/mol. The first-order valence-electron chi connectivity index (χ1n) is 9.26. The molecule has 2 aliphatic heterocycles. The summed E-state index contributed by atoms with van der Waals surface area (Å²) < 4.78 is 5.87. The van der Waals surface area contributed by atoms with Crippen LogP contribution in [0.4, 0.5) is 0 Å². The molecule has 6 nitrogen and oxygen atoms in total. The van der Waals surface area contributed by atoms with E-state index >= 15 is 0 Å². The lowest BCUT2D eigenvalue weighted by Crippen LogP contribution is -2.47. The second-order valence-corrected chi connectivity index (χ2v) is 8.08. The molecule has 2 aliphatic rings. The maximum absolute atomic E-state index is 12.2. The summed E-state index contributed by atoms with van der Waals surface area (Å²) in [6, 6.07) is 0.776. The lowest BCUT2D eigenvalue weighted by Gasteiger charge is -2.34. The topological polar surface area (TPSA) is 62.5 Å². The molecule has 2 saturated heterocycles. The van der Waals surface area contributed by atoms with Crippen molar-refractivity contribution in [1.82, 2.24) is 20.0 Å². The highest BCUT2D eigenvalue weighted by molar-refractivity contribution is 5.76. The van der Waals surface area contributed by atoms with E-state index in [0.29, 0.717) is 36.8 Å². The van der Waals surface area contributed by atoms with Gasteiger partial charge in [-0.1, -0.05) is 27.7 Å². The Labute approximate surface area is 144 Å². The summed E-state index contributed by atoms with van der Waals surface area (Å²) in [5, 5.41) is 8.44. The molecular weight excluding hydrogens is 304 g/mol. The molecule has 2 fully saturated rings. The lowest BCUT2D eigenvalue weighted by atomic mass is 9.97. The largest absolute Gasteiger partial charge is 0.423 e. The van der Waals surface area contributed by atoms with Gasteiger partial charge >= 0.3 is 0 Å². The molecule has 3 rings (SSSR count). The number of hydrogen-bond donors (Lipinski definition) is 0. The summed E-state index contributed by atoms with van der Waals surface area (Å²) in [5.74, 6) is 1.67. The fourth-order valence-corrected chi connectivity index (χ4v) is 3.98. The zero-order chi connectivity index (χ0) is 17.3. The molecule has 6 heteroatoms. The number of amides is 1. The van der Waals surface area contributed by atoms with Gasteiger partial charge in [-0.3, -0.25) is 9.69 Å². The molecule has 1 aromatic rings. The van der Waals surface area contributed by atoms with Crippen LogP contribution in [-0.2, 0) is 16.8 Å². The smallest absolute Gasteiger partial charge is 0.230 e. The summed E-state index contributed by atoms with van der Waals surface area (Å²) in [7, 11) is 0. The first-order chi connectivity index (χ1) is 11.4. The number of likely N-dealkylation sites (tertiary alicyclic amines) is 2. The number of nitrogens with zero attached hydrogens (tertiary/aromatic N) is 4. The van der Waals surface area contributed by atoms with E-state index in [1.54, 1.807) is 0 Å². The van der Waals surface area contributed by atoms with E-state index < -0.39 is 0 Å². The quantitative estimate of drug-likeness (QED) is 0.847. The third-order valence-corrected chi connectivity index (χ3v) is 5.23. The minimum atomic E-state index is -0.120. The predicted octanol–water partition coefficient (Wildman–Crippen LogP) is 2.73. The second kappa shape index (κ2) is 6.82. The Bertz CT molecular complexity index is 578. The van der Waals surface area contributed by atoms with Gasteiger partial charge in [-0.05, 0) is 32.2 Å². The van der Waals surface area contributed by atoms with Crippen molar-refractivity contribution < 1.29 is 9.21 Å². The Hall–Kier alpha value is -1.43. The summed E-state index contributed by atoms with van der Waals surface area (Å²) in [6.07, 6.45) is 5.16. The van der Waals surface area contributed by atoms with Crippen molar-refractivity contribution in [1.29, 1.82) is 0 Å². The molecule has 0 unspecified atom stereocenters. The van der Waals surface area contributed by atoms with Gasteiger partial charge in [0.15, 0.2) is 0 Å². The molecular formula is C18H30N4O2. The van der Waals surface area contributed by atoms with Crippen molar-refractivity contribution in [2.75, 3.05) is 13.1 Å². The molecule has 0 radical (unpaired) electrons. The fourth-order valence-electron chi connectivity index (χ4n) is 3.98. The Morgan fingerprint density at radius 2 is 1.88 bits per heavy atom. The van der Waals surface area contributed by atoms with Crippen LogP contribution in [0.15, 0.2) is 4.42 Å². The summed E-state index contributed by atoms with van der Waals surface area (Å²) in [5.41, 5.74) is -0.120. The van der Waals surface area contributed by atoms with Crippen molar-refractivity contribution in [3.63, 3.8) is 0 Å². The van der Waals surface area contributed by atoms with Crippen LogP contribution in [0.3, 0.4) is 0 Å². The number of aromatic nitrogens is 2. The van der Waals surface area contributed by atoms with Gasteiger partial charge in [0.1, 0.15) is 0 Å². The van der Waals surface area contributed by atoms with E-state index in [1.807, 2.05) is 6.92 Å². The first kappa shape index (κ1) is 17.4. The van der Waals surface area contributed by atoms with Crippen LogP contribution >= 0.6 is 0 Å². The lowest BCUT2D eigenvalue weighted by molar-refractivity contribution is -0.132. The molecule has 24 heavy (non-hydrogen) atoms. The molecule has 0 aliphatic carbocycles. The Kier molecular flexibility index (Phi) is 4.95. The number of carbonyl (C=O) groups is 1. The molecule has 0 spiro atoms. The van der Waals surface area contributed by atoms with Gasteiger partial charge in [-0.25, -0.2) is 0 Å². The van der Waals surface area contributed by atoms with Gasteiger partial charge in [0, 0.05) is 30.5 Å². The van der Waals surface area contributed by atoms with Crippen LogP contribution in [0.25, 0.3) is 0 Å². The first-order valence-corrected chi connectivity index (χ1v) is 9.26. The summed E-state index contributed by atoms with van der Waals surface area (Å²) in [6.45, 7) is 10.8. The molecule has 0 saturated carbocycles. The van der Waals surface area contributed by atoms with E-state index in [9.17, 15) is 4.79 Å². The van der Waals surface area contributed by atoms with E-state index in [-0.39, 0.29) is 11.3 Å². The third kappa shape index (κ3) is 3.48. The molecule has 0 aromatic carbocycles. The van der Waals surface area contributed by atoms with Gasteiger partial charge in [-0.15, -0.1) is 10.2 Å². The molecule has 1 aromatic heterocycles. The van der Waals surface area contributed by atoms with E-state index in [0.717, 1.165) is 32.4 Å². The predicted molar refractivity (Wildman–Crippen MR) is 91.5 cm³/mol. The van der Waals surface area contributed by atoms with Crippen molar-refractivity contribution in [3.8, 4) is 0 Å². The maximum atomic E-state index is 12.2. The average Bonchev–Trinajstić information content (AvgIpc) is 3.25. The van der Waals surface area contributed by atoms with Gasteiger partial charge in [0.2, 0.25) is 17.7 Å². The number of hydrogen-bond acceptors (Lipinski definition) is 5. The van der Waals surface area contributed by atoms with E-state index in [1.165, 1.54) is 6.42 Å². The minimum absolute atomic E-state index is 0.120. The van der Waals surface area contributed by atoms with E-state index in [2.05, 4.69) is 40.8 Å². The maximum Gasteiger partial charge on any atom is 0.230 e. The van der Waals surface area contributed by atoms with Crippen molar-refractivity contribution in [2.45, 2.75) is 83.8 Å². The molecule has 2 atom stereocenters. The van der Waals surface area contributed by atoms with Gasteiger partial charge in [0.05, 0.1) is 6.54 Å². The highest BCUT2D eigenvalue weighted by Crippen LogP contribution is 2.31.